The maximum atomic E-state index is 13.3. The van der Waals surface area contributed by atoms with Gasteiger partial charge < -0.3 is 19.9 Å². The number of hydrogen-bond acceptors (Lipinski definition) is 9. The van der Waals surface area contributed by atoms with E-state index in [0.29, 0.717) is 34.4 Å². The molecule has 1 aromatic carbocycles. The van der Waals surface area contributed by atoms with E-state index < -0.39 is 0 Å². The van der Waals surface area contributed by atoms with E-state index in [0.717, 1.165) is 31.9 Å². The molecule has 1 N–H and O–H groups in total. The van der Waals surface area contributed by atoms with Crippen molar-refractivity contribution in [3.8, 4) is 17.4 Å². The average molecular weight is 539 g/mol. The van der Waals surface area contributed by atoms with E-state index in [1.807, 2.05) is 30.3 Å². The standard InChI is InChI=1S/C28H30N10O2/c1-4-12-37-27(39)23-18-29-28(31-20-8-10-21(11-9-20)35-15-13-34(2)14-16-35)33-26(23)38(37)25-7-5-6-24(32-25)36-19-22(40-3)17-30-36/h4-11,17-19H,1,12-16H2,2-3H3,(H,29,31,33). The Morgan fingerprint density at radius 1 is 1.02 bits per heavy atom. The number of fused-ring (bicyclic) bond motifs is 1. The molecular weight excluding hydrogens is 508 g/mol. The van der Waals surface area contributed by atoms with Crippen LogP contribution in [0.5, 0.6) is 5.75 Å². The molecule has 204 valence electrons. The van der Waals surface area contributed by atoms with Crippen LogP contribution in [0.4, 0.5) is 17.3 Å². The summed E-state index contributed by atoms with van der Waals surface area (Å²) in [7, 11) is 3.73. The summed E-state index contributed by atoms with van der Waals surface area (Å²) in [6.07, 6.45) is 6.54. The number of benzene rings is 1. The highest BCUT2D eigenvalue weighted by molar-refractivity contribution is 5.77. The number of rotatable bonds is 8. The lowest BCUT2D eigenvalue weighted by Gasteiger charge is -2.34. The first-order chi connectivity index (χ1) is 19.5. The second kappa shape index (κ2) is 10.7. The minimum absolute atomic E-state index is 0.231. The molecule has 1 aliphatic heterocycles. The Kier molecular flexibility index (Phi) is 6.74. The lowest BCUT2D eigenvalue weighted by atomic mass is 10.2. The lowest BCUT2D eigenvalue weighted by Crippen LogP contribution is -2.44. The maximum absolute atomic E-state index is 13.3. The van der Waals surface area contributed by atoms with Gasteiger partial charge in [0.05, 0.1) is 26.0 Å². The summed E-state index contributed by atoms with van der Waals surface area (Å²) >= 11 is 0. The van der Waals surface area contributed by atoms with Crippen LogP contribution in [0.2, 0.25) is 0 Å². The third kappa shape index (κ3) is 4.80. The van der Waals surface area contributed by atoms with Crippen molar-refractivity contribution < 1.29 is 4.74 Å². The van der Waals surface area contributed by atoms with Gasteiger partial charge in [0.15, 0.2) is 23.0 Å². The molecule has 0 radical (unpaired) electrons. The number of pyridine rings is 1. The van der Waals surface area contributed by atoms with Gasteiger partial charge in [-0.1, -0.05) is 12.1 Å². The number of methoxy groups -OCH3 is 1. The predicted octanol–water partition coefficient (Wildman–Crippen LogP) is 2.85. The summed E-state index contributed by atoms with van der Waals surface area (Å²) in [5, 5.41) is 7.97. The molecule has 12 nitrogen and oxygen atoms in total. The first-order valence-corrected chi connectivity index (χ1v) is 13.0. The Morgan fingerprint density at radius 3 is 2.52 bits per heavy atom. The van der Waals surface area contributed by atoms with E-state index in [2.05, 4.69) is 51.0 Å². The fourth-order valence-electron chi connectivity index (χ4n) is 4.75. The van der Waals surface area contributed by atoms with Crippen molar-refractivity contribution in [1.82, 2.24) is 39.0 Å². The van der Waals surface area contributed by atoms with Crippen molar-refractivity contribution >= 4 is 28.4 Å². The minimum atomic E-state index is -0.231. The minimum Gasteiger partial charge on any atom is -0.493 e. The molecule has 5 aromatic rings. The molecule has 0 bridgehead atoms. The summed E-state index contributed by atoms with van der Waals surface area (Å²) in [5.41, 5.74) is 2.24. The van der Waals surface area contributed by atoms with E-state index >= 15 is 0 Å². The van der Waals surface area contributed by atoms with Crippen LogP contribution in [-0.2, 0) is 6.54 Å². The average Bonchev–Trinajstić information content (AvgIpc) is 3.57. The van der Waals surface area contributed by atoms with Crippen LogP contribution in [0, 0.1) is 0 Å². The smallest absolute Gasteiger partial charge is 0.278 e. The molecule has 0 aliphatic carbocycles. The normalized spacial score (nSPS) is 14.0. The summed E-state index contributed by atoms with van der Waals surface area (Å²) in [5.74, 6) is 2.05. The van der Waals surface area contributed by atoms with Gasteiger partial charge in [-0.2, -0.15) is 10.1 Å². The van der Waals surface area contributed by atoms with Gasteiger partial charge in [-0.25, -0.2) is 24.0 Å². The third-order valence-corrected chi connectivity index (χ3v) is 6.94. The highest BCUT2D eigenvalue weighted by atomic mass is 16.5. The number of nitrogens with zero attached hydrogens (tertiary/aromatic N) is 9. The molecular formula is C28H30N10O2. The number of anilines is 3. The summed E-state index contributed by atoms with van der Waals surface area (Å²) in [6, 6.07) is 13.7. The van der Waals surface area contributed by atoms with Gasteiger partial charge in [0.25, 0.3) is 5.56 Å². The second-order valence-corrected chi connectivity index (χ2v) is 9.56. The number of hydrogen-bond donors (Lipinski definition) is 1. The summed E-state index contributed by atoms with van der Waals surface area (Å²) < 4.78 is 10.1. The van der Waals surface area contributed by atoms with Gasteiger partial charge in [0, 0.05) is 43.8 Å². The zero-order chi connectivity index (χ0) is 27.6. The van der Waals surface area contributed by atoms with Crippen LogP contribution in [0.15, 0.2) is 78.5 Å². The van der Waals surface area contributed by atoms with Gasteiger partial charge in [0.1, 0.15) is 5.39 Å². The molecule has 1 saturated heterocycles. The van der Waals surface area contributed by atoms with E-state index in [4.69, 9.17) is 14.7 Å². The highest BCUT2D eigenvalue weighted by Crippen LogP contribution is 2.23. The van der Waals surface area contributed by atoms with E-state index in [-0.39, 0.29) is 12.1 Å². The molecule has 0 saturated carbocycles. The third-order valence-electron chi connectivity index (χ3n) is 6.94. The number of nitrogens with one attached hydrogen (secondary N) is 1. The molecule has 6 rings (SSSR count). The lowest BCUT2D eigenvalue weighted by molar-refractivity contribution is 0.313. The molecule has 1 fully saturated rings. The first kappa shape index (κ1) is 25.3. The predicted molar refractivity (Wildman–Crippen MR) is 154 cm³/mol. The number of allylic oxidation sites excluding steroid dienone is 1. The van der Waals surface area contributed by atoms with Crippen molar-refractivity contribution in [2.75, 3.05) is 50.6 Å². The topological polar surface area (TPSA) is 111 Å². The van der Waals surface area contributed by atoms with Crippen molar-refractivity contribution in [2.24, 2.45) is 0 Å². The highest BCUT2D eigenvalue weighted by Gasteiger charge is 2.19. The van der Waals surface area contributed by atoms with Crippen LogP contribution in [0.3, 0.4) is 0 Å². The van der Waals surface area contributed by atoms with Gasteiger partial charge in [-0.15, -0.1) is 6.58 Å². The van der Waals surface area contributed by atoms with Crippen molar-refractivity contribution in [2.45, 2.75) is 6.54 Å². The van der Waals surface area contributed by atoms with Gasteiger partial charge in [-0.3, -0.25) is 4.79 Å². The second-order valence-electron chi connectivity index (χ2n) is 9.56. The molecule has 5 heterocycles. The molecule has 1 aliphatic rings. The fourth-order valence-corrected chi connectivity index (χ4v) is 4.75. The van der Waals surface area contributed by atoms with Crippen molar-refractivity contribution in [3.05, 3.63) is 84.1 Å². The zero-order valence-corrected chi connectivity index (χ0v) is 22.4. The molecule has 12 heteroatoms. The van der Waals surface area contributed by atoms with Gasteiger partial charge in [-0.05, 0) is 43.4 Å². The molecule has 0 atom stereocenters. The molecule has 40 heavy (non-hydrogen) atoms. The fraction of sp³-hybridized carbons (Fsp3) is 0.250. The monoisotopic (exact) mass is 538 g/mol. The summed E-state index contributed by atoms with van der Waals surface area (Å²) in [4.78, 5) is 32.0. The number of aromatic nitrogens is 7. The van der Waals surface area contributed by atoms with Gasteiger partial charge in [0.2, 0.25) is 5.95 Å². The molecule has 4 aromatic heterocycles. The Morgan fingerprint density at radius 2 is 1.80 bits per heavy atom. The van der Waals surface area contributed by atoms with Crippen LogP contribution in [0.25, 0.3) is 22.7 Å². The summed E-state index contributed by atoms with van der Waals surface area (Å²) in [6.45, 7) is 8.20. The Hall–Kier alpha value is -4.97. The van der Waals surface area contributed by atoms with Crippen molar-refractivity contribution in [1.29, 1.82) is 0 Å². The number of ether oxygens (including phenoxy) is 1. The maximum Gasteiger partial charge on any atom is 0.278 e. The van der Waals surface area contributed by atoms with Crippen LogP contribution >= 0.6 is 0 Å². The number of likely N-dealkylation sites (N-methyl/N-ethyl adjacent to an activating group) is 1. The number of piperazine rings is 1. The quantitative estimate of drug-likeness (QED) is 0.298. The van der Waals surface area contributed by atoms with E-state index in [1.165, 1.54) is 10.4 Å². The van der Waals surface area contributed by atoms with Crippen molar-refractivity contribution in [3.63, 3.8) is 0 Å². The SMILES string of the molecule is C=CCn1c(=O)c2cnc(Nc3ccc(N4CCN(C)CC4)cc3)nc2n1-c1cccc(-n2cc(OC)cn2)n1. The molecule has 0 spiro atoms. The molecule has 0 amide bonds. The Labute approximate surface area is 230 Å². The zero-order valence-electron chi connectivity index (χ0n) is 22.4. The van der Waals surface area contributed by atoms with E-state index in [9.17, 15) is 4.79 Å². The van der Waals surface area contributed by atoms with E-state index in [1.54, 1.807) is 41.1 Å². The Bertz CT molecular complexity index is 1710. The first-order valence-electron chi connectivity index (χ1n) is 13.0. The Balaban J connectivity index is 1.34. The molecule has 0 unspecified atom stereocenters. The van der Waals surface area contributed by atoms with Gasteiger partial charge >= 0.3 is 0 Å². The van der Waals surface area contributed by atoms with Crippen LogP contribution < -0.4 is 20.5 Å². The largest absolute Gasteiger partial charge is 0.493 e. The van der Waals surface area contributed by atoms with Crippen LogP contribution in [0.1, 0.15) is 0 Å². The van der Waals surface area contributed by atoms with Crippen LogP contribution in [-0.4, -0.2) is 79.3 Å².